The Morgan fingerprint density at radius 3 is 2.56 bits per heavy atom. The second-order valence-corrected chi connectivity index (χ2v) is 7.07. The van der Waals surface area contributed by atoms with Gasteiger partial charge in [0.15, 0.2) is 9.84 Å². The third-order valence-corrected chi connectivity index (χ3v) is 4.23. The highest BCUT2D eigenvalue weighted by Gasteiger charge is 2.41. The highest BCUT2D eigenvalue weighted by Crippen LogP contribution is 2.43. The summed E-state index contributed by atoms with van der Waals surface area (Å²) >= 11 is 6.11. The minimum absolute atomic E-state index is 0.146. The number of pyridine rings is 1. The molecule has 0 N–H and O–H groups in total. The summed E-state index contributed by atoms with van der Waals surface area (Å²) in [6, 6.07) is 2.58. The van der Waals surface area contributed by atoms with Gasteiger partial charge in [-0.2, -0.15) is 0 Å². The van der Waals surface area contributed by atoms with Crippen molar-refractivity contribution in [1.29, 1.82) is 0 Å². The van der Waals surface area contributed by atoms with Gasteiger partial charge in [-0.1, -0.05) is 0 Å². The van der Waals surface area contributed by atoms with E-state index in [9.17, 15) is 13.2 Å². The molecule has 0 aliphatic heterocycles. The number of aromatic nitrogens is 1. The number of hydrogen-bond acceptors (Lipinski definition) is 3. The zero-order valence-electron chi connectivity index (χ0n) is 8.81. The van der Waals surface area contributed by atoms with Crippen LogP contribution in [-0.2, 0) is 16.4 Å². The van der Waals surface area contributed by atoms with Gasteiger partial charge in [0.2, 0.25) is 0 Å². The Morgan fingerprint density at radius 2 is 2.06 bits per heavy atom. The molecule has 0 atom stereocenters. The SMILES string of the molecule is CS(=O)(=O)c1ccc(=O)n(CC2(Cl)CC2)c1. The van der Waals surface area contributed by atoms with Crippen LogP contribution < -0.4 is 5.56 Å². The Labute approximate surface area is 98.8 Å². The van der Waals surface area contributed by atoms with Gasteiger partial charge in [-0.3, -0.25) is 4.79 Å². The molecule has 1 aromatic heterocycles. The fourth-order valence-electron chi connectivity index (χ4n) is 1.45. The maximum Gasteiger partial charge on any atom is 0.250 e. The van der Waals surface area contributed by atoms with Crippen LogP contribution in [0.5, 0.6) is 0 Å². The largest absolute Gasteiger partial charge is 0.312 e. The first-order chi connectivity index (χ1) is 7.30. The summed E-state index contributed by atoms with van der Waals surface area (Å²) in [7, 11) is -3.28. The number of halogens is 1. The standard InChI is InChI=1S/C10H12ClNO3S/c1-16(14,15)8-2-3-9(13)12(6-8)7-10(11)4-5-10/h2-3,6H,4-5,7H2,1H3. The van der Waals surface area contributed by atoms with Crippen molar-refractivity contribution in [3.8, 4) is 0 Å². The van der Waals surface area contributed by atoms with Gasteiger partial charge in [-0.05, 0) is 18.9 Å². The van der Waals surface area contributed by atoms with E-state index in [-0.39, 0.29) is 15.3 Å². The molecule has 1 fully saturated rings. The molecule has 4 nitrogen and oxygen atoms in total. The van der Waals surface area contributed by atoms with Gasteiger partial charge in [0.25, 0.3) is 5.56 Å². The van der Waals surface area contributed by atoms with Crippen molar-refractivity contribution in [2.75, 3.05) is 6.26 Å². The Balaban J connectivity index is 2.41. The Morgan fingerprint density at radius 1 is 1.44 bits per heavy atom. The van der Waals surface area contributed by atoms with Crippen LogP contribution >= 0.6 is 11.6 Å². The minimum Gasteiger partial charge on any atom is -0.312 e. The first kappa shape index (κ1) is 11.7. The molecule has 1 heterocycles. The molecule has 0 bridgehead atoms. The van der Waals surface area contributed by atoms with Crippen molar-refractivity contribution >= 4 is 21.4 Å². The molecule has 0 spiro atoms. The molecule has 88 valence electrons. The molecule has 0 unspecified atom stereocenters. The Kier molecular flexibility index (Phi) is 2.62. The average Bonchev–Trinajstić information content (AvgIpc) is 2.86. The van der Waals surface area contributed by atoms with Crippen molar-refractivity contribution in [1.82, 2.24) is 4.57 Å². The highest BCUT2D eigenvalue weighted by molar-refractivity contribution is 7.90. The van der Waals surface area contributed by atoms with Crippen LogP contribution in [-0.4, -0.2) is 24.1 Å². The molecular formula is C10H12ClNO3S. The summed E-state index contributed by atoms with van der Waals surface area (Å²) in [6.45, 7) is 0.372. The van der Waals surface area contributed by atoms with E-state index < -0.39 is 9.84 Å². The van der Waals surface area contributed by atoms with Crippen LogP contribution in [0.2, 0.25) is 0 Å². The lowest BCUT2D eigenvalue weighted by Crippen LogP contribution is -2.24. The van der Waals surface area contributed by atoms with Crippen molar-refractivity contribution in [3.63, 3.8) is 0 Å². The zero-order chi connectivity index (χ0) is 12.0. The summed E-state index contributed by atoms with van der Waals surface area (Å²) in [4.78, 5) is 11.3. The normalized spacial score (nSPS) is 18.4. The van der Waals surface area contributed by atoms with E-state index in [2.05, 4.69) is 0 Å². The average molecular weight is 262 g/mol. The second-order valence-electron chi connectivity index (χ2n) is 4.25. The number of hydrogen-bond donors (Lipinski definition) is 0. The van der Waals surface area contributed by atoms with Crippen LogP contribution in [0, 0.1) is 0 Å². The van der Waals surface area contributed by atoms with E-state index in [1.54, 1.807) is 0 Å². The van der Waals surface area contributed by atoms with Gasteiger partial charge >= 0.3 is 0 Å². The van der Waals surface area contributed by atoms with Gasteiger partial charge in [0.1, 0.15) is 0 Å². The quantitative estimate of drug-likeness (QED) is 0.764. The fraction of sp³-hybridized carbons (Fsp3) is 0.500. The smallest absolute Gasteiger partial charge is 0.250 e. The summed E-state index contributed by atoms with van der Waals surface area (Å²) in [5.74, 6) is 0. The lowest BCUT2D eigenvalue weighted by atomic mass is 10.4. The molecule has 0 amide bonds. The predicted molar refractivity (Wildman–Crippen MR) is 61.6 cm³/mol. The van der Waals surface area contributed by atoms with Crippen LogP contribution in [0.1, 0.15) is 12.8 Å². The third-order valence-electron chi connectivity index (χ3n) is 2.63. The van der Waals surface area contributed by atoms with Gasteiger partial charge in [0, 0.05) is 25.1 Å². The number of alkyl halides is 1. The van der Waals surface area contributed by atoms with Gasteiger partial charge in [-0.15, -0.1) is 11.6 Å². The number of nitrogens with zero attached hydrogens (tertiary/aromatic N) is 1. The third kappa shape index (κ3) is 2.47. The lowest BCUT2D eigenvalue weighted by Gasteiger charge is -2.10. The summed E-state index contributed by atoms with van der Waals surface area (Å²) < 4.78 is 24.0. The molecule has 1 aliphatic rings. The van der Waals surface area contributed by atoms with Crippen LogP contribution in [0.3, 0.4) is 0 Å². The van der Waals surface area contributed by atoms with Crippen LogP contribution in [0.15, 0.2) is 28.0 Å². The van der Waals surface area contributed by atoms with E-state index in [1.165, 1.54) is 22.9 Å². The van der Waals surface area contributed by atoms with Crippen molar-refractivity contribution < 1.29 is 8.42 Å². The molecule has 1 aromatic rings. The molecule has 0 aromatic carbocycles. The fourth-order valence-corrected chi connectivity index (χ4v) is 2.31. The summed E-state index contributed by atoms with van der Waals surface area (Å²) in [5.41, 5.74) is -0.223. The second kappa shape index (κ2) is 3.60. The molecule has 0 radical (unpaired) electrons. The zero-order valence-corrected chi connectivity index (χ0v) is 10.4. The molecule has 16 heavy (non-hydrogen) atoms. The van der Waals surface area contributed by atoms with E-state index in [4.69, 9.17) is 11.6 Å². The summed E-state index contributed by atoms with van der Waals surface area (Å²) in [6.07, 6.45) is 4.21. The Bertz CT molecular complexity index is 572. The van der Waals surface area contributed by atoms with Crippen molar-refractivity contribution in [3.05, 3.63) is 28.7 Å². The number of sulfone groups is 1. The number of rotatable bonds is 3. The maximum atomic E-state index is 11.5. The van der Waals surface area contributed by atoms with Crippen molar-refractivity contribution in [2.45, 2.75) is 29.2 Å². The molecule has 1 saturated carbocycles. The van der Waals surface area contributed by atoms with Crippen molar-refractivity contribution in [2.24, 2.45) is 0 Å². The molecule has 2 rings (SSSR count). The van der Waals surface area contributed by atoms with Gasteiger partial charge in [-0.25, -0.2) is 8.42 Å². The van der Waals surface area contributed by atoms with Gasteiger partial charge in [0.05, 0.1) is 9.77 Å². The van der Waals surface area contributed by atoms with Crippen LogP contribution in [0.25, 0.3) is 0 Å². The molecule has 1 aliphatic carbocycles. The van der Waals surface area contributed by atoms with Gasteiger partial charge < -0.3 is 4.57 Å². The molecule has 6 heteroatoms. The maximum absolute atomic E-state index is 11.5. The first-order valence-corrected chi connectivity index (χ1v) is 7.17. The van der Waals surface area contributed by atoms with E-state index >= 15 is 0 Å². The molecule has 0 saturated heterocycles. The monoisotopic (exact) mass is 261 g/mol. The van der Waals surface area contributed by atoms with Crippen LogP contribution in [0.4, 0.5) is 0 Å². The Hall–Kier alpha value is -0.810. The van der Waals surface area contributed by atoms with E-state index in [0.29, 0.717) is 6.54 Å². The van der Waals surface area contributed by atoms with E-state index in [0.717, 1.165) is 19.1 Å². The first-order valence-electron chi connectivity index (χ1n) is 4.90. The lowest BCUT2D eigenvalue weighted by molar-refractivity contribution is 0.592. The predicted octanol–water partition coefficient (Wildman–Crippen LogP) is 1.02. The minimum atomic E-state index is -3.28. The summed E-state index contributed by atoms with van der Waals surface area (Å²) in [5, 5.41) is 0. The van der Waals surface area contributed by atoms with E-state index in [1.807, 2.05) is 0 Å². The molecular weight excluding hydrogens is 250 g/mol. The topological polar surface area (TPSA) is 56.1 Å². The highest BCUT2D eigenvalue weighted by atomic mass is 35.5.